The van der Waals surface area contributed by atoms with Gasteiger partial charge in [0.05, 0.1) is 5.69 Å². The summed E-state index contributed by atoms with van der Waals surface area (Å²) in [5.41, 5.74) is 7.04. The Morgan fingerprint density at radius 2 is 2.31 bits per heavy atom. The minimum absolute atomic E-state index is 0.141. The average molecular weight is 176 g/mol. The zero-order chi connectivity index (χ0) is 9.10. The first kappa shape index (κ1) is 8.70. The second kappa shape index (κ2) is 3.88. The van der Waals surface area contributed by atoms with Crippen molar-refractivity contribution in [1.29, 1.82) is 0 Å². The summed E-state index contributed by atoms with van der Waals surface area (Å²) in [7, 11) is 0. The van der Waals surface area contributed by atoms with Crippen molar-refractivity contribution < 1.29 is 0 Å². The van der Waals surface area contributed by atoms with Gasteiger partial charge in [0.25, 0.3) is 0 Å². The molecule has 1 aromatic rings. The Labute approximate surface area is 79.2 Å². The minimum atomic E-state index is 0.141. The van der Waals surface area contributed by atoms with Gasteiger partial charge in [-0.05, 0) is 30.9 Å². The van der Waals surface area contributed by atoms with Crippen LogP contribution < -0.4 is 5.73 Å². The van der Waals surface area contributed by atoms with E-state index in [1.165, 1.54) is 19.3 Å². The highest BCUT2D eigenvalue weighted by atomic mass is 14.8. The van der Waals surface area contributed by atoms with Crippen molar-refractivity contribution >= 4 is 0 Å². The largest absolute Gasteiger partial charge is 0.323 e. The summed E-state index contributed by atoms with van der Waals surface area (Å²) in [6, 6.07) is 6.08. The van der Waals surface area contributed by atoms with Crippen LogP contribution >= 0.6 is 0 Å². The van der Waals surface area contributed by atoms with Crippen LogP contribution in [0.5, 0.6) is 0 Å². The Kier molecular flexibility index (Phi) is 2.60. The van der Waals surface area contributed by atoms with Crippen LogP contribution in [0.25, 0.3) is 0 Å². The lowest BCUT2D eigenvalue weighted by atomic mass is 10.1. The molecule has 1 aliphatic carbocycles. The molecule has 1 aliphatic rings. The summed E-state index contributed by atoms with van der Waals surface area (Å²) >= 11 is 0. The molecule has 2 rings (SSSR count). The van der Waals surface area contributed by atoms with E-state index in [-0.39, 0.29) is 6.04 Å². The fourth-order valence-corrected chi connectivity index (χ4v) is 1.56. The van der Waals surface area contributed by atoms with Crippen LogP contribution in [-0.4, -0.2) is 4.98 Å². The molecule has 0 spiro atoms. The lowest BCUT2D eigenvalue weighted by molar-refractivity contribution is 0.565. The smallest absolute Gasteiger partial charge is 0.0570 e. The Bertz CT molecular complexity index is 254. The molecule has 1 unspecified atom stereocenters. The van der Waals surface area contributed by atoms with E-state index < -0.39 is 0 Å². The van der Waals surface area contributed by atoms with Gasteiger partial charge in [0.2, 0.25) is 0 Å². The maximum absolute atomic E-state index is 6.01. The van der Waals surface area contributed by atoms with E-state index in [1.54, 1.807) is 0 Å². The third kappa shape index (κ3) is 2.52. The number of nitrogens with zero attached hydrogens (tertiary/aromatic N) is 1. The van der Waals surface area contributed by atoms with E-state index in [1.807, 2.05) is 24.4 Å². The molecule has 70 valence electrons. The van der Waals surface area contributed by atoms with Crippen molar-refractivity contribution in [2.75, 3.05) is 0 Å². The minimum Gasteiger partial charge on any atom is -0.323 e. The van der Waals surface area contributed by atoms with Gasteiger partial charge in [-0.15, -0.1) is 0 Å². The molecule has 0 aromatic carbocycles. The highest BCUT2D eigenvalue weighted by Crippen LogP contribution is 2.35. The standard InChI is InChI=1S/C11H16N2/c12-10(7-6-9-4-5-9)11-3-1-2-8-13-11/h1-3,8-10H,4-7,12H2. The summed E-state index contributed by atoms with van der Waals surface area (Å²) in [4.78, 5) is 4.25. The van der Waals surface area contributed by atoms with Crippen LogP contribution in [-0.2, 0) is 0 Å². The lowest BCUT2D eigenvalue weighted by Gasteiger charge is -2.09. The third-order valence-electron chi connectivity index (χ3n) is 2.65. The van der Waals surface area contributed by atoms with Crippen molar-refractivity contribution in [1.82, 2.24) is 4.98 Å². The van der Waals surface area contributed by atoms with Crippen molar-refractivity contribution in [3.05, 3.63) is 30.1 Å². The van der Waals surface area contributed by atoms with E-state index in [0.29, 0.717) is 0 Å². The average Bonchev–Trinajstić information content (AvgIpc) is 2.99. The Morgan fingerprint density at radius 3 is 2.92 bits per heavy atom. The Balaban J connectivity index is 1.85. The zero-order valence-corrected chi connectivity index (χ0v) is 7.82. The second-order valence-corrected chi connectivity index (χ2v) is 3.88. The molecule has 1 atom stereocenters. The fourth-order valence-electron chi connectivity index (χ4n) is 1.56. The molecule has 2 heteroatoms. The molecule has 2 nitrogen and oxygen atoms in total. The number of nitrogens with two attached hydrogens (primary N) is 1. The van der Waals surface area contributed by atoms with Crippen molar-refractivity contribution in [3.63, 3.8) is 0 Å². The normalized spacial score (nSPS) is 18.5. The highest BCUT2D eigenvalue weighted by Gasteiger charge is 2.22. The van der Waals surface area contributed by atoms with Gasteiger partial charge in [-0.1, -0.05) is 18.9 Å². The van der Waals surface area contributed by atoms with Gasteiger partial charge in [0.15, 0.2) is 0 Å². The molecule has 0 radical (unpaired) electrons. The van der Waals surface area contributed by atoms with Crippen molar-refractivity contribution in [2.24, 2.45) is 11.7 Å². The van der Waals surface area contributed by atoms with Gasteiger partial charge in [-0.2, -0.15) is 0 Å². The number of pyridine rings is 1. The summed E-state index contributed by atoms with van der Waals surface area (Å²) in [5, 5.41) is 0. The van der Waals surface area contributed by atoms with Crippen LogP contribution in [0.1, 0.15) is 37.4 Å². The Hall–Kier alpha value is -0.890. The third-order valence-corrected chi connectivity index (χ3v) is 2.65. The van der Waals surface area contributed by atoms with E-state index in [4.69, 9.17) is 5.73 Å². The SMILES string of the molecule is NC(CCC1CC1)c1ccccn1. The molecule has 0 aliphatic heterocycles. The number of hydrogen-bond donors (Lipinski definition) is 1. The molecule has 1 heterocycles. The first-order valence-corrected chi connectivity index (χ1v) is 5.03. The van der Waals surface area contributed by atoms with Gasteiger partial charge in [-0.3, -0.25) is 4.98 Å². The molecule has 13 heavy (non-hydrogen) atoms. The zero-order valence-electron chi connectivity index (χ0n) is 7.82. The summed E-state index contributed by atoms with van der Waals surface area (Å²) < 4.78 is 0. The van der Waals surface area contributed by atoms with Crippen LogP contribution in [0.4, 0.5) is 0 Å². The van der Waals surface area contributed by atoms with Crippen LogP contribution in [0.3, 0.4) is 0 Å². The monoisotopic (exact) mass is 176 g/mol. The molecular weight excluding hydrogens is 160 g/mol. The molecule has 0 amide bonds. The number of hydrogen-bond acceptors (Lipinski definition) is 2. The van der Waals surface area contributed by atoms with Gasteiger partial charge >= 0.3 is 0 Å². The maximum Gasteiger partial charge on any atom is 0.0570 e. The second-order valence-electron chi connectivity index (χ2n) is 3.88. The molecule has 0 bridgehead atoms. The Morgan fingerprint density at radius 1 is 1.46 bits per heavy atom. The molecule has 0 saturated heterocycles. The summed E-state index contributed by atoms with van der Waals surface area (Å²) in [6.07, 6.45) is 7.00. The van der Waals surface area contributed by atoms with E-state index >= 15 is 0 Å². The maximum atomic E-state index is 6.01. The topological polar surface area (TPSA) is 38.9 Å². The summed E-state index contributed by atoms with van der Waals surface area (Å²) in [5.74, 6) is 0.967. The van der Waals surface area contributed by atoms with Gasteiger partial charge in [0.1, 0.15) is 0 Å². The van der Waals surface area contributed by atoms with Crippen LogP contribution in [0.15, 0.2) is 24.4 Å². The van der Waals surface area contributed by atoms with E-state index in [9.17, 15) is 0 Å². The van der Waals surface area contributed by atoms with E-state index in [0.717, 1.165) is 18.0 Å². The first-order valence-electron chi connectivity index (χ1n) is 5.03. The number of aromatic nitrogens is 1. The molecule has 2 N–H and O–H groups in total. The molecule has 1 aromatic heterocycles. The van der Waals surface area contributed by atoms with Crippen LogP contribution in [0.2, 0.25) is 0 Å². The fraction of sp³-hybridized carbons (Fsp3) is 0.545. The van der Waals surface area contributed by atoms with Crippen LogP contribution in [0, 0.1) is 5.92 Å². The molecular formula is C11H16N2. The van der Waals surface area contributed by atoms with Gasteiger partial charge in [0, 0.05) is 12.2 Å². The summed E-state index contributed by atoms with van der Waals surface area (Å²) in [6.45, 7) is 0. The van der Waals surface area contributed by atoms with Gasteiger partial charge < -0.3 is 5.73 Å². The van der Waals surface area contributed by atoms with Crippen molar-refractivity contribution in [2.45, 2.75) is 31.7 Å². The lowest BCUT2D eigenvalue weighted by Crippen LogP contribution is -2.11. The van der Waals surface area contributed by atoms with Crippen molar-refractivity contribution in [3.8, 4) is 0 Å². The molecule has 1 saturated carbocycles. The number of rotatable bonds is 4. The van der Waals surface area contributed by atoms with E-state index in [2.05, 4.69) is 4.98 Å². The highest BCUT2D eigenvalue weighted by molar-refractivity contribution is 5.07. The predicted molar refractivity (Wildman–Crippen MR) is 53.1 cm³/mol. The van der Waals surface area contributed by atoms with Gasteiger partial charge in [-0.25, -0.2) is 0 Å². The quantitative estimate of drug-likeness (QED) is 0.764. The first-order chi connectivity index (χ1) is 6.36. The predicted octanol–water partition coefficient (Wildman–Crippen LogP) is 2.27. The molecule has 1 fully saturated rings.